The summed E-state index contributed by atoms with van der Waals surface area (Å²) in [5.41, 5.74) is 7.59. The number of carbonyl (C=O) groups is 1. The van der Waals surface area contributed by atoms with Gasteiger partial charge in [0.2, 0.25) is 5.82 Å². The van der Waals surface area contributed by atoms with Gasteiger partial charge in [-0.2, -0.15) is 10.2 Å². The normalized spacial score (nSPS) is 14.6. The van der Waals surface area contributed by atoms with Crippen molar-refractivity contribution in [3.05, 3.63) is 70.5 Å². The third-order valence-corrected chi connectivity index (χ3v) is 7.11. The minimum absolute atomic E-state index is 0. The first-order chi connectivity index (χ1) is 17.8. The molecule has 1 N–H and O–H groups in total. The Morgan fingerprint density at radius 2 is 1.39 bits per heavy atom. The van der Waals surface area contributed by atoms with Crippen molar-refractivity contribution in [2.45, 2.75) is 79.1 Å². The van der Waals surface area contributed by atoms with Gasteiger partial charge in [-0.15, -0.1) is 39.5 Å². The number of hydrogen-bond donors (Lipinski definition) is 1. The van der Waals surface area contributed by atoms with Gasteiger partial charge in [0, 0.05) is 43.6 Å². The number of nitrogens with zero attached hydrogens (tertiary/aromatic N) is 4. The van der Waals surface area contributed by atoms with Crippen LogP contribution in [0.15, 0.2) is 42.2 Å². The van der Waals surface area contributed by atoms with E-state index < -0.39 is 0 Å². The fourth-order valence-corrected chi connectivity index (χ4v) is 4.82. The molecule has 0 fully saturated rings. The first kappa shape index (κ1) is 29.8. The molecule has 3 aromatic rings. The van der Waals surface area contributed by atoms with Crippen molar-refractivity contribution in [2.24, 2.45) is 11.8 Å². The van der Waals surface area contributed by atoms with E-state index in [2.05, 4.69) is 50.7 Å². The summed E-state index contributed by atoms with van der Waals surface area (Å²) in [6.07, 6.45) is 10.7. The molecule has 0 spiro atoms. The Labute approximate surface area is 239 Å². The van der Waals surface area contributed by atoms with Gasteiger partial charge >= 0.3 is 0 Å². The molecule has 5 rings (SSSR count). The van der Waals surface area contributed by atoms with Gasteiger partial charge in [-0.25, -0.2) is 0 Å². The van der Waals surface area contributed by atoms with Gasteiger partial charge in [0.05, 0.1) is 5.76 Å². The second-order valence-electron chi connectivity index (χ2n) is 10.5. The molecule has 2 aliphatic carbocycles. The van der Waals surface area contributed by atoms with Gasteiger partial charge in [0.25, 0.3) is 0 Å². The van der Waals surface area contributed by atoms with Crippen molar-refractivity contribution in [1.29, 1.82) is 0 Å². The molecule has 2 aromatic carbocycles. The predicted octanol–water partition coefficient (Wildman–Crippen LogP) is 6.47. The van der Waals surface area contributed by atoms with E-state index in [0.717, 1.165) is 36.8 Å². The van der Waals surface area contributed by atoms with E-state index in [4.69, 9.17) is 0 Å². The Morgan fingerprint density at radius 3 is 2.03 bits per heavy atom. The van der Waals surface area contributed by atoms with Gasteiger partial charge in [0.15, 0.2) is 5.78 Å². The van der Waals surface area contributed by atoms with Gasteiger partial charge in [-0.1, -0.05) is 70.7 Å². The molecule has 6 nitrogen and oxygen atoms in total. The van der Waals surface area contributed by atoms with Crippen LogP contribution >= 0.6 is 0 Å². The summed E-state index contributed by atoms with van der Waals surface area (Å²) in [4.78, 5) is 11.0. The molecule has 0 aliphatic heterocycles. The summed E-state index contributed by atoms with van der Waals surface area (Å²) < 4.78 is 0. The van der Waals surface area contributed by atoms with Crippen molar-refractivity contribution in [3.63, 3.8) is 0 Å². The van der Waals surface area contributed by atoms with E-state index in [1.807, 2.05) is 33.8 Å². The summed E-state index contributed by atoms with van der Waals surface area (Å²) in [6.45, 7) is 7.32. The molecule has 1 radical (unpaired) electrons. The van der Waals surface area contributed by atoms with Crippen LogP contribution in [0.3, 0.4) is 0 Å². The Bertz CT molecular complexity index is 1190. The standard InChI is InChI=1S/C22H21N4.C9H16O2.Ir/c1-3-11-17-15(7-1)9-5-13-19(17)21-23-25-22(26-24-21)20-14-6-10-16-8-2-4-12-18(16)20;1-6(2)8(10)5-9(11)7(3)4;/h5-6,9-10,13H,1-4,7-8,11-12H2;5-7,10H,1-4H3;/q-1;;/b;8-5-;. The largest absolute Gasteiger partial charge is 0.512 e. The number of ketones is 1. The SMILES string of the molecule is CC(C)C(=O)/C=C(\O)C(C)C.[Ir].[c-]1ccc2c(c1-c1nnc(-c3cccc4c3CCCC4)nn1)CCCC2. The average molecular weight is 690 g/mol. The Morgan fingerprint density at radius 1 is 0.816 bits per heavy atom. The van der Waals surface area contributed by atoms with Gasteiger partial charge in [0.1, 0.15) is 5.82 Å². The molecular weight excluding hydrogens is 653 g/mol. The first-order valence-electron chi connectivity index (χ1n) is 13.5. The van der Waals surface area contributed by atoms with Crippen molar-refractivity contribution in [1.82, 2.24) is 20.4 Å². The van der Waals surface area contributed by atoms with E-state index in [1.165, 1.54) is 54.0 Å². The molecule has 0 bridgehead atoms. The van der Waals surface area contributed by atoms with Crippen LogP contribution in [0.1, 0.15) is 75.6 Å². The van der Waals surface area contributed by atoms with Crippen LogP contribution in [0.25, 0.3) is 22.8 Å². The van der Waals surface area contributed by atoms with Crippen LogP contribution < -0.4 is 0 Å². The fraction of sp³-hybridized carbons (Fsp3) is 0.452. The first-order valence-corrected chi connectivity index (χ1v) is 13.5. The Hall–Kier alpha value is -2.76. The molecule has 1 aromatic heterocycles. The number of aryl methyl sites for hydroxylation is 2. The fourth-order valence-electron chi connectivity index (χ4n) is 4.82. The topological polar surface area (TPSA) is 88.9 Å². The molecular formula is C31H37IrN4O2-. The summed E-state index contributed by atoms with van der Waals surface area (Å²) in [7, 11) is 0. The number of aliphatic hydroxyl groups is 1. The van der Waals surface area contributed by atoms with E-state index >= 15 is 0 Å². The molecule has 0 atom stereocenters. The van der Waals surface area contributed by atoms with Crippen LogP contribution in [0, 0.1) is 17.9 Å². The van der Waals surface area contributed by atoms with Crippen molar-refractivity contribution >= 4 is 5.78 Å². The quantitative estimate of drug-likeness (QED) is 0.188. The van der Waals surface area contributed by atoms with Crippen LogP contribution in [0.5, 0.6) is 0 Å². The number of allylic oxidation sites excluding steroid dienone is 2. The minimum Gasteiger partial charge on any atom is -0.512 e. The third-order valence-electron chi connectivity index (χ3n) is 7.11. The summed E-state index contributed by atoms with van der Waals surface area (Å²) >= 11 is 0. The molecule has 203 valence electrons. The molecule has 1 heterocycles. The zero-order valence-corrected chi connectivity index (χ0v) is 25.1. The molecule has 38 heavy (non-hydrogen) atoms. The number of aromatic nitrogens is 4. The minimum atomic E-state index is -0.0316. The third kappa shape index (κ3) is 7.21. The predicted molar refractivity (Wildman–Crippen MR) is 146 cm³/mol. The van der Waals surface area contributed by atoms with Crippen LogP contribution in [0.2, 0.25) is 0 Å². The molecule has 0 unspecified atom stereocenters. The zero-order chi connectivity index (χ0) is 26.4. The Kier molecular flexibility index (Phi) is 10.9. The maximum absolute atomic E-state index is 11.0. The van der Waals surface area contributed by atoms with Crippen LogP contribution in [-0.4, -0.2) is 31.3 Å². The van der Waals surface area contributed by atoms with Crippen LogP contribution in [-0.2, 0) is 50.6 Å². The van der Waals surface area contributed by atoms with Crippen molar-refractivity contribution in [2.75, 3.05) is 0 Å². The van der Waals surface area contributed by atoms with E-state index in [1.54, 1.807) is 0 Å². The number of hydrogen-bond acceptors (Lipinski definition) is 6. The summed E-state index contributed by atoms with van der Waals surface area (Å²) in [5.74, 6) is 1.39. The van der Waals surface area contributed by atoms with E-state index in [-0.39, 0.29) is 43.5 Å². The molecule has 7 heteroatoms. The number of benzene rings is 2. The monoisotopic (exact) mass is 690 g/mol. The second kappa shape index (κ2) is 13.9. The molecule has 2 aliphatic rings. The van der Waals surface area contributed by atoms with Crippen molar-refractivity contribution < 1.29 is 30.0 Å². The Balaban J connectivity index is 0.000000287. The zero-order valence-electron chi connectivity index (χ0n) is 22.8. The molecule has 0 amide bonds. The van der Waals surface area contributed by atoms with Gasteiger partial charge < -0.3 is 5.11 Å². The van der Waals surface area contributed by atoms with Gasteiger partial charge in [-0.05, 0) is 43.2 Å². The van der Waals surface area contributed by atoms with E-state index in [9.17, 15) is 9.90 Å². The second-order valence-corrected chi connectivity index (χ2v) is 10.5. The van der Waals surface area contributed by atoms with Crippen molar-refractivity contribution in [3.8, 4) is 22.8 Å². The van der Waals surface area contributed by atoms with E-state index in [0.29, 0.717) is 11.6 Å². The number of fused-ring (bicyclic) bond motifs is 2. The average Bonchev–Trinajstić information content (AvgIpc) is 2.92. The number of rotatable bonds is 5. The summed E-state index contributed by atoms with van der Waals surface area (Å²) in [5, 5.41) is 26.9. The summed E-state index contributed by atoms with van der Waals surface area (Å²) in [6, 6.07) is 13.9. The molecule has 0 saturated carbocycles. The maximum Gasteiger partial charge on any atom is 0.202 e. The van der Waals surface area contributed by atoms with Gasteiger partial charge in [-0.3, -0.25) is 4.79 Å². The van der Waals surface area contributed by atoms with Crippen LogP contribution in [0.4, 0.5) is 0 Å². The number of aliphatic hydroxyl groups excluding tert-OH is 1. The number of carbonyl (C=O) groups excluding carboxylic acids is 1. The maximum atomic E-state index is 11.0. The smallest absolute Gasteiger partial charge is 0.202 e. The molecule has 0 saturated heterocycles.